The summed E-state index contributed by atoms with van der Waals surface area (Å²) in [4.78, 5) is 12.6. The predicted molar refractivity (Wildman–Crippen MR) is 53.7 cm³/mol. The van der Waals surface area contributed by atoms with E-state index in [2.05, 4.69) is 4.74 Å². The summed E-state index contributed by atoms with van der Waals surface area (Å²) in [6, 6.07) is 0. The first-order valence-corrected chi connectivity index (χ1v) is 5.48. The maximum absolute atomic E-state index is 11.8. The Balaban J connectivity index is 2.09. The minimum Gasteiger partial charge on any atom is -0.481 e. The molecule has 1 saturated heterocycles. The quantitative estimate of drug-likeness (QED) is 0.754. The first-order valence-electron chi connectivity index (χ1n) is 5.48. The van der Waals surface area contributed by atoms with Crippen molar-refractivity contribution in [2.24, 2.45) is 5.92 Å². The molecule has 4 nitrogen and oxygen atoms in total. The lowest BCUT2D eigenvalue weighted by Crippen LogP contribution is -2.38. The number of carboxylic acid groups (broad SMARTS) is 1. The standard InChI is InChI=1S/C10H16F3NO3/c11-10(12,13)7-17-6-5-14-3-1-8(2-4-14)9(15)16/h8H,1-7H2,(H,15,16). The molecule has 0 saturated carbocycles. The molecular formula is C10H16F3NO3. The zero-order valence-electron chi connectivity index (χ0n) is 9.37. The van der Waals surface area contributed by atoms with Crippen LogP contribution >= 0.6 is 0 Å². The van der Waals surface area contributed by atoms with Gasteiger partial charge < -0.3 is 14.7 Å². The second-order valence-electron chi connectivity index (χ2n) is 4.12. The summed E-state index contributed by atoms with van der Waals surface area (Å²) >= 11 is 0. The van der Waals surface area contributed by atoms with E-state index in [-0.39, 0.29) is 12.5 Å². The van der Waals surface area contributed by atoms with Gasteiger partial charge in [0.1, 0.15) is 6.61 Å². The highest BCUT2D eigenvalue weighted by Gasteiger charge is 2.28. The number of piperidine rings is 1. The van der Waals surface area contributed by atoms with Crippen LogP contribution in [0.2, 0.25) is 0 Å². The lowest BCUT2D eigenvalue weighted by atomic mass is 9.97. The third kappa shape index (κ3) is 5.88. The van der Waals surface area contributed by atoms with Gasteiger partial charge in [0.25, 0.3) is 0 Å². The smallest absolute Gasteiger partial charge is 0.411 e. The van der Waals surface area contributed by atoms with E-state index in [1.807, 2.05) is 4.90 Å². The number of hydrogen-bond donors (Lipinski definition) is 1. The Morgan fingerprint density at radius 1 is 1.35 bits per heavy atom. The van der Waals surface area contributed by atoms with Gasteiger partial charge in [-0.2, -0.15) is 13.2 Å². The van der Waals surface area contributed by atoms with Gasteiger partial charge in [-0.15, -0.1) is 0 Å². The molecule has 1 rings (SSSR count). The van der Waals surface area contributed by atoms with E-state index in [0.717, 1.165) is 0 Å². The summed E-state index contributed by atoms with van der Waals surface area (Å²) in [7, 11) is 0. The molecule has 0 unspecified atom stereocenters. The van der Waals surface area contributed by atoms with Crippen LogP contribution in [0, 0.1) is 5.92 Å². The molecule has 0 bridgehead atoms. The van der Waals surface area contributed by atoms with Crippen molar-refractivity contribution in [3.8, 4) is 0 Å². The minimum absolute atomic E-state index is 0.0250. The monoisotopic (exact) mass is 255 g/mol. The molecule has 0 aromatic heterocycles. The molecule has 100 valence electrons. The molecule has 0 atom stereocenters. The van der Waals surface area contributed by atoms with Crippen molar-refractivity contribution < 1.29 is 27.8 Å². The number of carbonyl (C=O) groups is 1. The number of aliphatic carboxylic acids is 1. The number of rotatable bonds is 5. The van der Waals surface area contributed by atoms with Crippen LogP contribution in [0.1, 0.15) is 12.8 Å². The topological polar surface area (TPSA) is 49.8 Å². The number of ether oxygens (including phenoxy) is 1. The van der Waals surface area contributed by atoms with E-state index in [4.69, 9.17) is 5.11 Å². The molecule has 0 spiro atoms. The molecule has 1 aliphatic heterocycles. The SMILES string of the molecule is O=C(O)C1CCN(CCOCC(F)(F)F)CC1. The van der Waals surface area contributed by atoms with Crippen LogP contribution in [-0.2, 0) is 9.53 Å². The van der Waals surface area contributed by atoms with Crippen LogP contribution in [0.4, 0.5) is 13.2 Å². The van der Waals surface area contributed by atoms with Crippen molar-refractivity contribution in [1.29, 1.82) is 0 Å². The Labute approximate surface area is 97.3 Å². The summed E-state index contributed by atoms with van der Waals surface area (Å²) < 4.78 is 39.8. The van der Waals surface area contributed by atoms with Gasteiger partial charge in [-0.3, -0.25) is 4.79 Å². The number of likely N-dealkylation sites (tertiary alicyclic amines) is 1. The van der Waals surface area contributed by atoms with Crippen molar-refractivity contribution >= 4 is 5.97 Å². The van der Waals surface area contributed by atoms with Gasteiger partial charge in [-0.05, 0) is 25.9 Å². The van der Waals surface area contributed by atoms with E-state index in [1.54, 1.807) is 0 Å². The van der Waals surface area contributed by atoms with Gasteiger partial charge in [0.2, 0.25) is 0 Å². The number of alkyl halides is 3. The number of carboxylic acids is 1. The van der Waals surface area contributed by atoms with Crippen molar-refractivity contribution in [3.63, 3.8) is 0 Å². The maximum atomic E-state index is 11.8. The highest BCUT2D eigenvalue weighted by atomic mass is 19.4. The molecule has 0 aliphatic carbocycles. The van der Waals surface area contributed by atoms with Gasteiger partial charge in [0.15, 0.2) is 0 Å². The van der Waals surface area contributed by atoms with Gasteiger partial charge >= 0.3 is 12.1 Å². The van der Waals surface area contributed by atoms with Gasteiger partial charge in [0, 0.05) is 6.54 Å². The summed E-state index contributed by atoms with van der Waals surface area (Å²) in [6.07, 6.45) is -3.18. The molecular weight excluding hydrogens is 239 g/mol. The summed E-state index contributed by atoms with van der Waals surface area (Å²) in [6.45, 7) is 0.428. The van der Waals surface area contributed by atoms with E-state index in [9.17, 15) is 18.0 Å². The third-order valence-electron chi connectivity index (χ3n) is 2.75. The summed E-state index contributed by atoms with van der Waals surface area (Å²) in [5.74, 6) is -1.11. The highest BCUT2D eigenvalue weighted by Crippen LogP contribution is 2.17. The average molecular weight is 255 g/mol. The molecule has 0 aromatic carbocycles. The van der Waals surface area contributed by atoms with Crippen LogP contribution in [0.15, 0.2) is 0 Å². The molecule has 0 radical (unpaired) electrons. The van der Waals surface area contributed by atoms with Crippen LogP contribution in [0.3, 0.4) is 0 Å². The minimum atomic E-state index is -4.28. The molecule has 17 heavy (non-hydrogen) atoms. The van der Waals surface area contributed by atoms with Crippen molar-refractivity contribution in [2.45, 2.75) is 19.0 Å². The maximum Gasteiger partial charge on any atom is 0.411 e. The molecule has 1 N–H and O–H groups in total. The Hall–Kier alpha value is -0.820. The van der Waals surface area contributed by atoms with Crippen LogP contribution in [0.25, 0.3) is 0 Å². The van der Waals surface area contributed by atoms with Gasteiger partial charge in [0.05, 0.1) is 12.5 Å². The predicted octanol–water partition coefficient (Wildman–Crippen LogP) is 1.36. The first-order chi connectivity index (χ1) is 7.88. The second-order valence-corrected chi connectivity index (χ2v) is 4.12. The molecule has 1 fully saturated rings. The Morgan fingerprint density at radius 2 is 1.94 bits per heavy atom. The fourth-order valence-corrected chi connectivity index (χ4v) is 1.79. The van der Waals surface area contributed by atoms with Crippen LogP contribution < -0.4 is 0 Å². The molecule has 0 aromatic rings. The van der Waals surface area contributed by atoms with E-state index < -0.39 is 18.8 Å². The Kier molecular flexibility index (Phi) is 5.20. The van der Waals surface area contributed by atoms with Crippen LogP contribution in [0.5, 0.6) is 0 Å². The third-order valence-corrected chi connectivity index (χ3v) is 2.75. The normalized spacial score (nSPS) is 19.5. The fourth-order valence-electron chi connectivity index (χ4n) is 1.79. The van der Waals surface area contributed by atoms with Crippen LogP contribution in [-0.4, -0.2) is 55.0 Å². The Morgan fingerprint density at radius 3 is 2.41 bits per heavy atom. The second kappa shape index (κ2) is 6.20. The number of halogens is 3. The molecule has 0 amide bonds. The summed E-state index contributed by atoms with van der Waals surface area (Å²) in [5.41, 5.74) is 0. The number of nitrogens with zero attached hydrogens (tertiary/aromatic N) is 1. The number of hydrogen-bond acceptors (Lipinski definition) is 3. The largest absolute Gasteiger partial charge is 0.481 e. The van der Waals surface area contributed by atoms with E-state index >= 15 is 0 Å². The zero-order chi connectivity index (χ0) is 12.9. The van der Waals surface area contributed by atoms with Gasteiger partial charge in [-0.1, -0.05) is 0 Å². The molecule has 7 heteroatoms. The lowest BCUT2D eigenvalue weighted by Gasteiger charge is -2.29. The van der Waals surface area contributed by atoms with Crippen molar-refractivity contribution in [3.05, 3.63) is 0 Å². The lowest BCUT2D eigenvalue weighted by molar-refractivity contribution is -0.174. The average Bonchev–Trinajstić information content (AvgIpc) is 2.24. The van der Waals surface area contributed by atoms with E-state index in [0.29, 0.717) is 32.5 Å². The van der Waals surface area contributed by atoms with Crippen molar-refractivity contribution in [1.82, 2.24) is 4.90 Å². The molecule has 1 aliphatic rings. The molecule has 1 heterocycles. The first kappa shape index (κ1) is 14.2. The van der Waals surface area contributed by atoms with Crippen molar-refractivity contribution in [2.75, 3.05) is 32.8 Å². The Bertz CT molecular complexity index is 250. The van der Waals surface area contributed by atoms with Gasteiger partial charge in [-0.25, -0.2) is 0 Å². The highest BCUT2D eigenvalue weighted by molar-refractivity contribution is 5.70. The van der Waals surface area contributed by atoms with E-state index in [1.165, 1.54) is 0 Å². The zero-order valence-corrected chi connectivity index (χ0v) is 9.37. The fraction of sp³-hybridized carbons (Fsp3) is 0.900. The summed E-state index contributed by atoms with van der Waals surface area (Å²) in [5, 5.41) is 8.76.